The summed E-state index contributed by atoms with van der Waals surface area (Å²) in [5.41, 5.74) is -0.156. The number of benzene rings is 1. The zero-order chi connectivity index (χ0) is 12.7. The molecule has 17 heavy (non-hydrogen) atoms. The van der Waals surface area contributed by atoms with Crippen molar-refractivity contribution >= 4 is 11.9 Å². The van der Waals surface area contributed by atoms with E-state index in [-0.39, 0.29) is 0 Å². The molecule has 0 unspecified atom stereocenters. The lowest BCUT2D eigenvalue weighted by Crippen LogP contribution is -2.07. The lowest BCUT2D eigenvalue weighted by Gasteiger charge is -2.10. The first-order valence-corrected chi connectivity index (χ1v) is 5.44. The van der Waals surface area contributed by atoms with E-state index < -0.39 is 11.7 Å². The van der Waals surface area contributed by atoms with Crippen LogP contribution in [0.15, 0.2) is 24.3 Å². The van der Waals surface area contributed by atoms with E-state index in [0.29, 0.717) is 18.7 Å². The molecule has 0 amide bonds. The molecule has 1 aromatic carbocycles. The van der Waals surface area contributed by atoms with Crippen molar-refractivity contribution < 1.29 is 13.2 Å². The number of halogens is 3. The van der Waals surface area contributed by atoms with Gasteiger partial charge in [0.25, 0.3) is 0 Å². The van der Waals surface area contributed by atoms with Gasteiger partial charge >= 0.3 is 6.18 Å². The summed E-state index contributed by atoms with van der Waals surface area (Å²) in [6, 6.07) is 5.17. The van der Waals surface area contributed by atoms with Gasteiger partial charge in [-0.3, -0.25) is 0 Å². The van der Waals surface area contributed by atoms with Gasteiger partial charge in [0, 0.05) is 12.2 Å². The molecule has 0 saturated carbocycles. The molecule has 5 heteroatoms. The highest BCUT2D eigenvalue weighted by molar-refractivity contribution is 5.52. The second kappa shape index (κ2) is 6.27. The molecule has 0 aliphatic rings. The zero-order valence-corrected chi connectivity index (χ0v) is 9.35. The maximum atomic E-state index is 12.4. The quantitative estimate of drug-likeness (QED) is 0.577. The summed E-state index contributed by atoms with van der Waals surface area (Å²) >= 11 is 0. The summed E-state index contributed by atoms with van der Waals surface area (Å²) in [7, 11) is 0. The summed E-state index contributed by atoms with van der Waals surface area (Å²) in [6.07, 6.45) is -0.534. The SMILES string of the molecule is N=CCCCCNc1cccc(C(F)(F)F)c1. The van der Waals surface area contributed by atoms with Crippen LogP contribution in [0, 0.1) is 5.41 Å². The van der Waals surface area contributed by atoms with Gasteiger partial charge in [0.2, 0.25) is 0 Å². The molecule has 1 aromatic rings. The van der Waals surface area contributed by atoms with Gasteiger partial charge in [-0.2, -0.15) is 13.2 Å². The molecule has 0 heterocycles. The third-order valence-electron chi connectivity index (χ3n) is 2.29. The minimum absolute atomic E-state index is 0.481. The second-order valence-electron chi connectivity index (χ2n) is 3.71. The van der Waals surface area contributed by atoms with Gasteiger partial charge < -0.3 is 10.7 Å². The van der Waals surface area contributed by atoms with Crippen LogP contribution in [-0.2, 0) is 6.18 Å². The zero-order valence-electron chi connectivity index (χ0n) is 9.35. The van der Waals surface area contributed by atoms with Crippen molar-refractivity contribution in [3.8, 4) is 0 Å². The van der Waals surface area contributed by atoms with E-state index in [1.165, 1.54) is 12.3 Å². The van der Waals surface area contributed by atoms with E-state index in [2.05, 4.69) is 5.32 Å². The fraction of sp³-hybridized carbons (Fsp3) is 0.417. The molecule has 2 N–H and O–H groups in total. The molecule has 0 atom stereocenters. The molecular weight excluding hydrogens is 229 g/mol. The van der Waals surface area contributed by atoms with E-state index >= 15 is 0 Å². The van der Waals surface area contributed by atoms with Gasteiger partial charge in [0.1, 0.15) is 0 Å². The van der Waals surface area contributed by atoms with Crippen molar-refractivity contribution in [3.63, 3.8) is 0 Å². The summed E-state index contributed by atoms with van der Waals surface area (Å²) in [5, 5.41) is 9.77. The predicted octanol–water partition coefficient (Wildman–Crippen LogP) is 3.94. The average Bonchev–Trinajstić information content (AvgIpc) is 2.28. The fourth-order valence-electron chi connectivity index (χ4n) is 1.41. The summed E-state index contributed by atoms with van der Waals surface area (Å²) in [5.74, 6) is 0. The summed E-state index contributed by atoms with van der Waals surface area (Å²) in [4.78, 5) is 0. The maximum absolute atomic E-state index is 12.4. The molecule has 0 bridgehead atoms. The van der Waals surface area contributed by atoms with Crippen LogP contribution in [0.2, 0.25) is 0 Å². The topological polar surface area (TPSA) is 35.9 Å². The van der Waals surface area contributed by atoms with Crippen LogP contribution < -0.4 is 5.32 Å². The predicted molar refractivity (Wildman–Crippen MR) is 62.6 cm³/mol. The number of unbranched alkanes of at least 4 members (excludes halogenated alkanes) is 2. The van der Waals surface area contributed by atoms with E-state index in [1.54, 1.807) is 6.07 Å². The third kappa shape index (κ3) is 4.89. The van der Waals surface area contributed by atoms with Crippen LogP contribution in [0.5, 0.6) is 0 Å². The molecule has 0 radical (unpaired) electrons. The Kier molecular flexibility index (Phi) is 5.00. The first-order valence-electron chi connectivity index (χ1n) is 5.44. The van der Waals surface area contributed by atoms with Crippen molar-refractivity contribution in [3.05, 3.63) is 29.8 Å². The van der Waals surface area contributed by atoms with Crippen LogP contribution in [0.3, 0.4) is 0 Å². The molecule has 0 aliphatic heterocycles. The maximum Gasteiger partial charge on any atom is 0.416 e. The van der Waals surface area contributed by atoms with Crippen LogP contribution in [0.25, 0.3) is 0 Å². The van der Waals surface area contributed by atoms with Gasteiger partial charge in [-0.15, -0.1) is 0 Å². The third-order valence-corrected chi connectivity index (χ3v) is 2.29. The van der Waals surface area contributed by atoms with Gasteiger partial charge in [0.05, 0.1) is 5.56 Å². The summed E-state index contributed by atoms with van der Waals surface area (Å²) in [6.45, 7) is 0.620. The minimum Gasteiger partial charge on any atom is -0.385 e. The number of hydrogen-bond acceptors (Lipinski definition) is 2. The van der Waals surface area contributed by atoms with Crippen LogP contribution in [-0.4, -0.2) is 12.8 Å². The minimum atomic E-state index is -4.29. The number of anilines is 1. The van der Waals surface area contributed by atoms with Crippen molar-refractivity contribution in [2.75, 3.05) is 11.9 Å². The van der Waals surface area contributed by atoms with Gasteiger partial charge in [-0.25, -0.2) is 0 Å². The molecule has 0 aliphatic carbocycles. The van der Waals surface area contributed by atoms with Crippen molar-refractivity contribution in [1.82, 2.24) is 0 Å². The number of hydrogen-bond donors (Lipinski definition) is 2. The molecule has 0 fully saturated rings. The number of alkyl halides is 3. The smallest absolute Gasteiger partial charge is 0.385 e. The first kappa shape index (κ1) is 13.5. The number of rotatable bonds is 6. The van der Waals surface area contributed by atoms with E-state index in [9.17, 15) is 13.2 Å². The molecule has 0 spiro atoms. The highest BCUT2D eigenvalue weighted by Crippen LogP contribution is 2.30. The molecule has 0 aromatic heterocycles. The van der Waals surface area contributed by atoms with Crippen molar-refractivity contribution in [2.45, 2.75) is 25.4 Å². The highest BCUT2D eigenvalue weighted by atomic mass is 19.4. The van der Waals surface area contributed by atoms with E-state index in [0.717, 1.165) is 25.0 Å². The van der Waals surface area contributed by atoms with Gasteiger partial charge in [-0.1, -0.05) is 6.07 Å². The largest absolute Gasteiger partial charge is 0.416 e. The second-order valence-corrected chi connectivity index (χ2v) is 3.71. The van der Waals surface area contributed by atoms with Crippen molar-refractivity contribution in [2.24, 2.45) is 0 Å². The molecule has 2 nitrogen and oxygen atoms in total. The fourth-order valence-corrected chi connectivity index (χ4v) is 1.41. The highest BCUT2D eigenvalue weighted by Gasteiger charge is 2.30. The van der Waals surface area contributed by atoms with E-state index in [4.69, 9.17) is 5.41 Å². The molecule has 0 saturated heterocycles. The van der Waals surface area contributed by atoms with Crippen molar-refractivity contribution in [1.29, 1.82) is 5.41 Å². The van der Waals surface area contributed by atoms with E-state index in [1.807, 2.05) is 0 Å². The standard InChI is InChI=1S/C12H15F3N2/c13-12(14,15)10-5-4-6-11(9-10)17-8-3-1-2-7-16/h4-7,9,16-17H,1-3,8H2. The Hall–Kier alpha value is -1.52. The Morgan fingerprint density at radius 1 is 1.24 bits per heavy atom. The normalized spacial score (nSPS) is 11.2. The Balaban J connectivity index is 2.46. The molecular formula is C12H15F3N2. The first-order chi connectivity index (χ1) is 8.04. The van der Waals surface area contributed by atoms with Gasteiger partial charge in [-0.05, 0) is 43.7 Å². The summed E-state index contributed by atoms with van der Waals surface area (Å²) < 4.78 is 37.2. The van der Waals surface area contributed by atoms with Crippen LogP contribution in [0.4, 0.5) is 18.9 Å². The average molecular weight is 244 g/mol. The number of nitrogens with one attached hydrogen (secondary N) is 2. The lowest BCUT2D eigenvalue weighted by atomic mass is 10.2. The van der Waals surface area contributed by atoms with Crippen LogP contribution in [0.1, 0.15) is 24.8 Å². The Morgan fingerprint density at radius 3 is 2.65 bits per heavy atom. The molecule has 1 rings (SSSR count). The van der Waals surface area contributed by atoms with Gasteiger partial charge in [0.15, 0.2) is 0 Å². The Morgan fingerprint density at radius 2 is 2.00 bits per heavy atom. The van der Waals surface area contributed by atoms with Crippen LogP contribution >= 0.6 is 0 Å². The Labute approximate surface area is 98.4 Å². The Bertz CT molecular complexity index is 361. The molecule has 94 valence electrons. The monoisotopic (exact) mass is 244 g/mol. The lowest BCUT2D eigenvalue weighted by molar-refractivity contribution is -0.137.